The van der Waals surface area contributed by atoms with Crippen molar-refractivity contribution in [1.29, 1.82) is 0 Å². The predicted octanol–water partition coefficient (Wildman–Crippen LogP) is 5.74. The third-order valence-corrected chi connectivity index (χ3v) is 15.7. The van der Waals surface area contributed by atoms with Gasteiger partial charge in [-0.05, 0) is 73.9 Å². The molecule has 1 spiro atoms. The summed E-state index contributed by atoms with van der Waals surface area (Å²) in [5.41, 5.74) is -0.453. The highest BCUT2D eigenvalue weighted by Crippen LogP contribution is 2.66. The highest BCUT2D eigenvalue weighted by atomic mass is 28.4. The zero-order chi connectivity index (χ0) is 25.9. The van der Waals surface area contributed by atoms with E-state index in [1.807, 2.05) is 0 Å². The van der Waals surface area contributed by atoms with Crippen LogP contribution in [0.5, 0.6) is 0 Å². The SMILES string of the molecule is COC(=O)[C@H]1CC(O[Si](C)(C)C(C)(C)C)CC[C@]1(C)[C@H]1CC[C@@]2(C)C(CCC23OCCO3)[C@@H]1C=O. The zero-order valence-corrected chi connectivity index (χ0v) is 24.3. The monoisotopic (exact) mass is 508 g/mol. The lowest BCUT2D eigenvalue weighted by Crippen LogP contribution is -2.57. The summed E-state index contributed by atoms with van der Waals surface area (Å²) in [4.78, 5) is 26.0. The highest BCUT2D eigenvalue weighted by molar-refractivity contribution is 6.74. The van der Waals surface area contributed by atoms with Crippen LogP contribution in [0.2, 0.25) is 18.1 Å². The zero-order valence-electron chi connectivity index (χ0n) is 23.3. The van der Waals surface area contributed by atoms with E-state index in [1.54, 1.807) is 0 Å². The second-order valence-corrected chi connectivity index (χ2v) is 18.5. The Balaban J connectivity index is 1.59. The molecule has 7 heteroatoms. The highest BCUT2D eigenvalue weighted by Gasteiger charge is 2.67. The number of ether oxygens (including phenoxy) is 3. The Morgan fingerprint density at radius 3 is 2.20 bits per heavy atom. The summed E-state index contributed by atoms with van der Waals surface area (Å²) in [6.45, 7) is 17.1. The number of rotatable bonds is 5. The third kappa shape index (κ3) is 4.26. The fraction of sp³-hybridized carbons (Fsp3) is 0.929. The summed E-state index contributed by atoms with van der Waals surface area (Å²) >= 11 is 0. The number of carbonyl (C=O) groups excluding carboxylic acids is 2. The van der Waals surface area contributed by atoms with Crippen LogP contribution in [0.15, 0.2) is 0 Å². The Bertz CT molecular complexity index is 815. The molecule has 7 atom stereocenters. The molecule has 4 aliphatic rings. The fourth-order valence-corrected chi connectivity index (χ4v) is 9.39. The molecule has 3 aliphatic carbocycles. The Labute approximate surface area is 213 Å². The van der Waals surface area contributed by atoms with Crippen molar-refractivity contribution in [3.63, 3.8) is 0 Å². The maximum Gasteiger partial charge on any atom is 0.309 e. The minimum Gasteiger partial charge on any atom is -0.469 e. The maximum absolute atomic E-state index is 13.2. The van der Waals surface area contributed by atoms with Gasteiger partial charge in [0.25, 0.3) is 0 Å². The molecule has 0 amide bonds. The van der Waals surface area contributed by atoms with Gasteiger partial charge in [-0.25, -0.2) is 0 Å². The molecule has 0 radical (unpaired) electrons. The molecule has 0 bridgehead atoms. The summed E-state index contributed by atoms with van der Waals surface area (Å²) in [5.74, 6) is -0.695. The summed E-state index contributed by atoms with van der Waals surface area (Å²) in [5, 5.41) is 0.119. The van der Waals surface area contributed by atoms with Gasteiger partial charge < -0.3 is 23.4 Å². The molecule has 2 unspecified atom stereocenters. The lowest BCUT2D eigenvalue weighted by molar-refractivity contribution is -0.242. The van der Waals surface area contributed by atoms with Gasteiger partial charge in [0.2, 0.25) is 0 Å². The van der Waals surface area contributed by atoms with Crippen molar-refractivity contribution in [1.82, 2.24) is 0 Å². The number of fused-ring (bicyclic) bond motifs is 2. The van der Waals surface area contributed by atoms with Crippen LogP contribution < -0.4 is 0 Å². The van der Waals surface area contributed by atoms with Gasteiger partial charge >= 0.3 is 5.97 Å². The molecule has 1 aliphatic heterocycles. The van der Waals surface area contributed by atoms with E-state index in [9.17, 15) is 9.59 Å². The van der Waals surface area contributed by atoms with Crippen LogP contribution in [-0.4, -0.2) is 52.8 Å². The average Bonchev–Trinajstić information content (AvgIpc) is 3.39. The van der Waals surface area contributed by atoms with Gasteiger partial charge in [-0.3, -0.25) is 4.79 Å². The third-order valence-electron chi connectivity index (χ3n) is 11.2. The first-order valence-electron chi connectivity index (χ1n) is 13.7. The van der Waals surface area contributed by atoms with Crippen LogP contribution in [0.3, 0.4) is 0 Å². The van der Waals surface area contributed by atoms with E-state index >= 15 is 0 Å². The Morgan fingerprint density at radius 1 is 1.00 bits per heavy atom. The first kappa shape index (κ1) is 27.3. The van der Waals surface area contributed by atoms with Crippen molar-refractivity contribution in [2.45, 2.75) is 110 Å². The molecule has 6 nitrogen and oxygen atoms in total. The molecule has 3 saturated carbocycles. The van der Waals surface area contributed by atoms with E-state index in [1.165, 1.54) is 13.4 Å². The van der Waals surface area contributed by atoms with E-state index in [0.29, 0.717) is 19.6 Å². The average molecular weight is 509 g/mol. The Morgan fingerprint density at radius 2 is 1.63 bits per heavy atom. The fourth-order valence-electron chi connectivity index (χ4n) is 7.99. The van der Waals surface area contributed by atoms with Gasteiger partial charge in [0, 0.05) is 23.9 Å². The largest absolute Gasteiger partial charge is 0.469 e. The van der Waals surface area contributed by atoms with Crippen molar-refractivity contribution in [2.75, 3.05) is 20.3 Å². The number of aldehydes is 1. The molecular formula is C28H48O6Si. The second-order valence-electron chi connectivity index (χ2n) is 13.7. The number of hydrogen-bond acceptors (Lipinski definition) is 6. The van der Waals surface area contributed by atoms with Crippen LogP contribution in [0, 0.1) is 34.5 Å². The van der Waals surface area contributed by atoms with Gasteiger partial charge in [-0.1, -0.05) is 34.6 Å². The molecule has 1 saturated heterocycles. The van der Waals surface area contributed by atoms with E-state index in [-0.39, 0.29) is 51.6 Å². The molecule has 0 aromatic heterocycles. The number of esters is 1. The topological polar surface area (TPSA) is 71.1 Å². The molecular weight excluding hydrogens is 460 g/mol. The summed E-state index contributed by atoms with van der Waals surface area (Å²) in [6, 6.07) is 0. The molecule has 4 rings (SSSR count). The van der Waals surface area contributed by atoms with Gasteiger partial charge in [0.05, 0.1) is 26.2 Å². The van der Waals surface area contributed by atoms with Crippen LogP contribution >= 0.6 is 0 Å². The number of methoxy groups -OCH3 is 1. The lowest BCUT2D eigenvalue weighted by Gasteiger charge is -2.56. The maximum atomic E-state index is 13.2. The Hall–Kier alpha value is -0.763. The van der Waals surface area contributed by atoms with Gasteiger partial charge in [0.1, 0.15) is 6.29 Å². The van der Waals surface area contributed by atoms with Crippen LogP contribution in [0.1, 0.15) is 79.6 Å². The first-order chi connectivity index (χ1) is 16.2. The van der Waals surface area contributed by atoms with Crippen LogP contribution in [0.25, 0.3) is 0 Å². The van der Waals surface area contributed by atoms with E-state index in [2.05, 4.69) is 47.7 Å². The van der Waals surface area contributed by atoms with Crippen LogP contribution in [-0.2, 0) is 28.2 Å². The molecule has 35 heavy (non-hydrogen) atoms. The lowest BCUT2D eigenvalue weighted by atomic mass is 9.49. The van der Waals surface area contributed by atoms with Gasteiger partial charge in [0.15, 0.2) is 14.1 Å². The minimum absolute atomic E-state index is 0.0617. The van der Waals surface area contributed by atoms with Gasteiger partial charge in [-0.15, -0.1) is 0 Å². The first-order valence-corrected chi connectivity index (χ1v) is 16.6. The normalized spacial score (nSPS) is 41.5. The quantitative estimate of drug-likeness (QED) is 0.268. The van der Waals surface area contributed by atoms with E-state index in [0.717, 1.165) is 38.5 Å². The molecule has 0 N–H and O–H groups in total. The molecule has 200 valence electrons. The number of carbonyl (C=O) groups is 2. The Kier molecular flexibility index (Phi) is 7.18. The van der Waals surface area contributed by atoms with Gasteiger partial charge in [-0.2, -0.15) is 0 Å². The predicted molar refractivity (Wildman–Crippen MR) is 137 cm³/mol. The summed E-state index contributed by atoms with van der Waals surface area (Å²) in [7, 11) is -0.464. The number of hydrogen-bond donors (Lipinski definition) is 0. The van der Waals surface area contributed by atoms with Crippen molar-refractivity contribution in [2.24, 2.45) is 34.5 Å². The minimum atomic E-state index is -1.96. The van der Waals surface area contributed by atoms with Crippen molar-refractivity contribution < 1.29 is 28.2 Å². The van der Waals surface area contributed by atoms with Crippen molar-refractivity contribution >= 4 is 20.6 Å². The standard InChI is InChI=1S/C28H48O6Si/c1-25(2,3)35(7,8)34-19-9-12-26(4,23(17-19)24(30)31-6)21-10-13-27(5)22(20(21)18-29)11-14-28(27)32-15-16-33-28/h18-23H,9-17H2,1-8H3/t19?,20-,21+,22?,23-,26-,27+/m1/s1. The molecule has 0 aromatic carbocycles. The summed E-state index contributed by atoms with van der Waals surface area (Å²) < 4.78 is 24.6. The van der Waals surface area contributed by atoms with E-state index < -0.39 is 14.1 Å². The molecule has 0 aromatic rings. The van der Waals surface area contributed by atoms with E-state index in [4.69, 9.17) is 18.6 Å². The molecule has 4 fully saturated rings. The van der Waals surface area contributed by atoms with Crippen LogP contribution in [0.4, 0.5) is 0 Å². The summed E-state index contributed by atoms with van der Waals surface area (Å²) in [6.07, 6.45) is 7.39. The smallest absolute Gasteiger partial charge is 0.309 e. The van der Waals surface area contributed by atoms with Crippen molar-refractivity contribution in [3.05, 3.63) is 0 Å². The second kappa shape index (κ2) is 9.21. The molecule has 1 heterocycles. The van der Waals surface area contributed by atoms with Crippen molar-refractivity contribution in [3.8, 4) is 0 Å².